The molecule has 3 rings (SSSR count). The Hall–Kier alpha value is -3.96. The summed E-state index contributed by atoms with van der Waals surface area (Å²) in [6.07, 6.45) is 2.51. The zero-order valence-electron chi connectivity index (χ0n) is 33.6. The first-order valence-corrected chi connectivity index (χ1v) is 19.6. The molecule has 1 aromatic carbocycles. The molecule has 0 saturated carbocycles. The second-order valence-electron chi connectivity index (χ2n) is 15.7. The molecule has 1 aromatic rings. The Morgan fingerprint density at radius 1 is 0.811 bits per heavy atom. The summed E-state index contributed by atoms with van der Waals surface area (Å²) in [4.78, 5) is 89.4. The molecule has 0 spiro atoms. The number of carbonyl (C=O) groups is 6. The van der Waals surface area contributed by atoms with Crippen LogP contribution in [0.1, 0.15) is 106 Å². The molecule has 8 atom stereocenters. The van der Waals surface area contributed by atoms with Crippen molar-refractivity contribution in [2.45, 2.75) is 143 Å². The van der Waals surface area contributed by atoms with E-state index in [1.165, 1.54) is 21.7 Å². The molecule has 2 aliphatic heterocycles. The van der Waals surface area contributed by atoms with Crippen molar-refractivity contribution in [1.29, 1.82) is 0 Å². The quantitative estimate of drug-likeness (QED) is 0.267. The fourth-order valence-electron chi connectivity index (χ4n) is 7.27. The highest BCUT2D eigenvalue weighted by Crippen LogP contribution is 2.28. The van der Waals surface area contributed by atoms with Crippen LogP contribution >= 0.6 is 0 Å². The SMILES string of the molecule is CCCCC[C@@H]1OC(=O)[C@H]([C@@H](C)CC)N(C)C(=O)[C@@H]2CCCN2C(=O)[C@H](C(C)C)OC(=O)[C@H](Cc2ccccc2)N(C)C(=O)[C@H](C(C)C)NC(=O)[C@@H]1C. The maximum Gasteiger partial charge on any atom is 0.329 e. The van der Waals surface area contributed by atoms with E-state index >= 15 is 0 Å². The third kappa shape index (κ3) is 10.8. The fourth-order valence-corrected chi connectivity index (χ4v) is 7.27. The second kappa shape index (κ2) is 19.9. The topological polar surface area (TPSA) is 143 Å². The van der Waals surface area contributed by atoms with Crippen LogP contribution in [0.4, 0.5) is 0 Å². The zero-order chi connectivity index (χ0) is 39.6. The molecule has 12 nitrogen and oxygen atoms in total. The van der Waals surface area contributed by atoms with E-state index < -0.39 is 83.8 Å². The fraction of sp³-hybridized carbons (Fsp3) is 0.707. The molecule has 53 heavy (non-hydrogen) atoms. The number of ether oxygens (including phenoxy) is 2. The van der Waals surface area contributed by atoms with Crippen LogP contribution in [0.25, 0.3) is 0 Å². The molecule has 296 valence electrons. The summed E-state index contributed by atoms with van der Waals surface area (Å²) in [5, 5.41) is 2.92. The monoisotopic (exact) mass is 740 g/mol. The Labute approximate surface area is 316 Å². The van der Waals surface area contributed by atoms with E-state index in [9.17, 15) is 28.8 Å². The third-order valence-electron chi connectivity index (χ3n) is 11.0. The average Bonchev–Trinajstić information content (AvgIpc) is 3.63. The molecule has 4 amide bonds. The standard InChI is InChI=1S/C41H64N4O8/c1-11-13-15-22-32-28(8)36(46)42-33(25(3)4)38(48)43(9)31(24-29-19-16-14-17-20-29)40(50)53-35(26(5)6)39(49)45-23-18-21-30(45)37(47)44(10)34(27(7)12-2)41(51)52-32/h14,16-17,19-20,25-28,30-35H,11-13,15,18,21-24H2,1-10H3,(H,42,46)/t27-,28+,30-,31-,32-,33-,34-,35-/m0/s1. The number of nitrogens with zero attached hydrogens (tertiary/aromatic N) is 3. The van der Waals surface area contributed by atoms with Gasteiger partial charge in [-0.25, -0.2) is 9.59 Å². The van der Waals surface area contributed by atoms with E-state index in [0.717, 1.165) is 18.4 Å². The van der Waals surface area contributed by atoms with Crippen molar-refractivity contribution in [3.05, 3.63) is 35.9 Å². The van der Waals surface area contributed by atoms with Gasteiger partial charge in [-0.3, -0.25) is 19.2 Å². The Bertz CT molecular complexity index is 1420. The molecule has 0 radical (unpaired) electrons. The number of rotatable bonds is 10. The van der Waals surface area contributed by atoms with Crippen LogP contribution in [-0.4, -0.2) is 107 Å². The largest absolute Gasteiger partial charge is 0.460 e. The number of esters is 2. The molecule has 2 aliphatic rings. The predicted molar refractivity (Wildman–Crippen MR) is 202 cm³/mol. The van der Waals surface area contributed by atoms with Gasteiger partial charge in [-0.1, -0.05) is 105 Å². The minimum atomic E-state index is -1.23. The normalized spacial score (nSPS) is 27.9. The van der Waals surface area contributed by atoms with Gasteiger partial charge in [0.2, 0.25) is 17.7 Å². The number of amides is 4. The molecular weight excluding hydrogens is 676 g/mol. The van der Waals surface area contributed by atoms with Crippen LogP contribution < -0.4 is 5.32 Å². The Morgan fingerprint density at radius 3 is 2.06 bits per heavy atom. The number of hydrogen-bond acceptors (Lipinski definition) is 8. The third-order valence-corrected chi connectivity index (χ3v) is 11.0. The van der Waals surface area contributed by atoms with E-state index in [1.54, 1.807) is 27.8 Å². The van der Waals surface area contributed by atoms with Gasteiger partial charge < -0.3 is 29.5 Å². The lowest BCUT2D eigenvalue weighted by molar-refractivity contribution is -0.171. The summed E-state index contributed by atoms with van der Waals surface area (Å²) in [7, 11) is 3.07. The molecule has 2 fully saturated rings. The van der Waals surface area contributed by atoms with E-state index in [4.69, 9.17) is 9.47 Å². The van der Waals surface area contributed by atoms with Crippen molar-refractivity contribution in [2.24, 2.45) is 23.7 Å². The van der Waals surface area contributed by atoms with Crippen molar-refractivity contribution in [1.82, 2.24) is 20.0 Å². The first kappa shape index (κ1) is 43.4. The van der Waals surface area contributed by atoms with Crippen LogP contribution in [0.15, 0.2) is 30.3 Å². The van der Waals surface area contributed by atoms with Gasteiger partial charge in [0.25, 0.3) is 5.91 Å². The minimum Gasteiger partial charge on any atom is -0.460 e. The molecule has 1 N–H and O–H groups in total. The van der Waals surface area contributed by atoms with Crippen molar-refractivity contribution >= 4 is 35.6 Å². The van der Waals surface area contributed by atoms with Gasteiger partial charge >= 0.3 is 11.9 Å². The lowest BCUT2D eigenvalue weighted by atomic mass is 9.94. The maximum atomic E-state index is 14.3. The van der Waals surface area contributed by atoms with Crippen LogP contribution in [0.5, 0.6) is 0 Å². The number of fused-ring (bicyclic) bond motifs is 1. The molecule has 12 heteroatoms. The summed E-state index contributed by atoms with van der Waals surface area (Å²) in [6, 6.07) is 5.24. The summed E-state index contributed by atoms with van der Waals surface area (Å²) in [5.74, 6) is -5.16. The number of unbranched alkanes of at least 4 members (excludes halogenated alkanes) is 2. The summed E-state index contributed by atoms with van der Waals surface area (Å²) < 4.78 is 12.2. The highest BCUT2D eigenvalue weighted by atomic mass is 16.6. The highest BCUT2D eigenvalue weighted by Gasteiger charge is 2.45. The van der Waals surface area contributed by atoms with Crippen LogP contribution in [-0.2, 0) is 44.7 Å². The van der Waals surface area contributed by atoms with Gasteiger partial charge in [0.05, 0.1) is 5.92 Å². The first-order chi connectivity index (χ1) is 25.0. The average molecular weight is 741 g/mol. The van der Waals surface area contributed by atoms with Gasteiger partial charge in [-0.2, -0.15) is 0 Å². The Kier molecular flexibility index (Phi) is 16.3. The van der Waals surface area contributed by atoms with Crippen molar-refractivity contribution in [3.8, 4) is 0 Å². The highest BCUT2D eigenvalue weighted by molar-refractivity contribution is 5.95. The summed E-state index contributed by atoms with van der Waals surface area (Å²) in [5.41, 5.74) is 0.777. The van der Waals surface area contributed by atoms with Crippen LogP contribution in [0.2, 0.25) is 0 Å². The second-order valence-corrected chi connectivity index (χ2v) is 15.7. The molecule has 0 aromatic heterocycles. The number of nitrogens with one attached hydrogen (secondary N) is 1. The molecule has 2 saturated heterocycles. The van der Waals surface area contributed by atoms with Crippen LogP contribution in [0, 0.1) is 23.7 Å². The number of cyclic esters (lactones) is 2. The van der Waals surface area contributed by atoms with Gasteiger partial charge in [0, 0.05) is 27.1 Å². The number of hydrogen-bond donors (Lipinski definition) is 1. The molecule has 0 unspecified atom stereocenters. The van der Waals surface area contributed by atoms with E-state index in [0.29, 0.717) is 32.1 Å². The van der Waals surface area contributed by atoms with E-state index in [1.807, 2.05) is 58.0 Å². The zero-order valence-corrected chi connectivity index (χ0v) is 33.6. The Morgan fingerprint density at radius 2 is 1.47 bits per heavy atom. The maximum absolute atomic E-state index is 14.3. The van der Waals surface area contributed by atoms with Gasteiger partial charge in [-0.15, -0.1) is 0 Å². The molecule has 0 aliphatic carbocycles. The van der Waals surface area contributed by atoms with E-state index in [-0.39, 0.29) is 24.8 Å². The summed E-state index contributed by atoms with van der Waals surface area (Å²) in [6.45, 7) is 15.0. The summed E-state index contributed by atoms with van der Waals surface area (Å²) >= 11 is 0. The van der Waals surface area contributed by atoms with Crippen molar-refractivity contribution < 1.29 is 38.2 Å². The van der Waals surface area contributed by atoms with Gasteiger partial charge in [-0.05, 0) is 49.0 Å². The lowest BCUT2D eigenvalue weighted by Gasteiger charge is -2.37. The first-order valence-electron chi connectivity index (χ1n) is 19.6. The van der Waals surface area contributed by atoms with Crippen LogP contribution in [0.3, 0.4) is 0 Å². The smallest absolute Gasteiger partial charge is 0.329 e. The lowest BCUT2D eigenvalue weighted by Crippen LogP contribution is -2.57. The number of carbonyl (C=O) groups excluding carboxylic acids is 6. The van der Waals surface area contributed by atoms with Crippen molar-refractivity contribution in [2.75, 3.05) is 20.6 Å². The van der Waals surface area contributed by atoms with Gasteiger partial charge in [0.1, 0.15) is 30.3 Å². The minimum absolute atomic E-state index is 0.109. The number of benzene rings is 1. The van der Waals surface area contributed by atoms with Crippen molar-refractivity contribution in [3.63, 3.8) is 0 Å². The number of likely N-dealkylation sites (N-methyl/N-ethyl adjacent to an activating group) is 2. The van der Waals surface area contributed by atoms with Gasteiger partial charge in [0.15, 0.2) is 6.10 Å². The Balaban J connectivity index is 2.18. The molecular formula is C41H64N4O8. The molecule has 0 bridgehead atoms. The molecule has 2 heterocycles. The predicted octanol–water partition coefficient (Wildman–Crippen LogP) is 4.77. The van der Waals surface area contributed by atoms with E-state index in [2.05, 4.69) is 12.2 Å².